The average Bonchev–Trinajstić information content (AvgIpc) is 1.58. The van der Waals surface area contributed by atoms with Crippen LogP contribution in [0.2, 0.25) is 0 Å². The van der Waals surface area contributed by atoms with Crippen molar-refractivity contribution in [3.8, 4) is 0 Å². The van der Waals surface area contributed by atoms with Gasteiger partial charge >= 0.3 is 18.1 Å². The molecule has 0 bridgehead atoms. The Morgan fingerprint density at radius 3 is 1.18 bits per heavy atom. The van der Waals surface area contributed by atoms with Gasteiger partial charge in [-0.15, -0.1) is 0 Å². The van der Waals surface area contributed by atoms with E-state index in [9.17, 15) is 31.4 Å². The molecule has 1 radical (unpaired) electrons. The minimum atomic E-state index is -6.39. The number of hydrogen-bond donors (Lipinski definition) is 1. The molecule has 67 valence electrons. The van der Waals surface area contributed by atoms with Crippen LogP contribution in [0.15, 0.2) is 0 Å². The molecule has 2 nitrogen and oxygen atoms in total. The van der Waals surface area contributed by atoms with Crippen LogP contribution < -0.4 is 0 Å². The molecule has 0 aliphatic heterocycles. The molecular weight excluding hydrogens is 182 g/mol. The second-order valence-electron chi connectivity index (χ2n) is 1.63. The summed E-state index contributed by atoms with van der Waals surface area (Å²) in [5.41, 5.74) is 0. The van der Waals surface area contributed by atoms with Gasteiger partial charge in [-0.05, 0) is 0 Å². The average molecular weight is 183 g/mol. The molecule has 0 aromatic carbocycles. The summed E-state index contributed by atoms with van der Waals surface area (Å²) in [7, 11) is 0. The summed E-state index contributed by atoms with van der Waals surface area (Å²) in [5, 5.41) is 16.4. The molecule has 1 atom stereocenters. The molecule has 0 saturated carbocycles. The van der Waals surface area contributed by atoms with Gasteiger partial charge in [-0.2, -0.15) is 31.4 Å². The number of hydrogen-bond acceptors (Lipinski definition) is 1. The van der Waals surface area contributed by atoms with Crippen LogP contribution in [0.25, 0.3) is 0 Å². The summed E-state index contributed by atoms with van der Waals surface area (Å²) >= 11 is 0. The van der Waals surface area contributed by atoms with E-state index in [1.165, 1.54) is 0 Å². The minimum Gasteiger partial charge on any atom is -0.333 e. The largest absolute Gasteiger partial charge is 0.462 e. The molecule has 8 heteroatoms. The van der Waals surface area contributed by atoms with Gasteiger partial charge in [0.2, 0.25) is 0 Å². The zero-order valence-corrected chi connectivity index (χ0v) is 4.62. The Kier molecular flexibility index (Phi) is 2.14. The van der Waals surface area contributed by atoms with Crippen molar-refractivity contribution in [3.05, 3.63) is 0 Å². The molecule has 1 unspecified atom stereocenters. The van der Waals surface area contributed by atoms with Crippen molar-refractivity contribution in [2.75, 3.05) is 0 Å². The first-order valence-electron chi connectivity index (χ1n) is 2.06. The Balaban J connectivity index is 4.75. The summed E-state index contributed by atoms with van der Waals surface area (Å²) in [4.78, 5) is 0. The third-order valence-electron chi connectivity index (χ3n) is 0.743. The maximum atomic E-state index is 11.4. The van der Waals surface area contributed by atoms with Crippen molar-refractivity contribution in [2.24, 2.45) is 0 Å². The molecule has 0 aromatic rings. The van der Waals surface area contributed by atoms with Crippen molar-refractivity contribution < 1.29 is 36.6 Å². The fourth-order valence-corrected chi connectivity index (χ4v) is 0.175. The van der Waals surface area contributed by atoms with Gasteiger partial charge in [0, 0.05) is 0 Å². The van der Waals surface area contributed by atoms with Crippen molar-refractivity contribution >= 4 is 0 Å². The highest BCUT2D eigenvalue weighted by molar-refractivity contribution is 4.82. The van der Waals surface area contributed by atoms with Gasteiger partial charge in [0.05, 0.1) is 0 Å². The van der Waals surface area contributed by atoms with Crippen LogP contribution >= 0.6 is 0 Å². The molecule has 0 aromatic heterocycles. The van der Waals surface area contributed by atoms with Crippen LogP contribution in [0, 0.1) is 0 Å². The second-order valence-corrected chi connectivity index (χ2v) is 1.63. The predicted octanol–water partition coefficient (Wildman–Crippen LogP) is 1.23. The number of alkyl halides is 6. The van der Waals surface area contributed by atoms with Gasteiger partial charge in [-0.25, -0.2) is 0 Å². The van der Waals surface area contributed by atoms with Gasteiger partial charge in [0.15, 0.2) is 0 Å². The van der Waals surface area contributed by atoms with Gasteiger partial charge in [-0.3, -0.25) is 0 Å². The van der Waals surface area contributed by atoms with E-state index in [4.69, 9.17) is 5.11 Å². The van der Waals surface area contributed by atoms with Gasteiger partial charge in [0.1, 0.15) is 0 Å². The smallest absolute Gasteiger partial charge is 0.333 e. The fraction of sp³-hybridized carbons (Fsp3) is 1.00. The van der Waals surface area contributed by atoms with Crippen LogP contribution in [-0.2, 0) is 5.11 Å². The maximum Gasteiger partial charge on any atom is 0.462 e. The van der Waals surface area contributed by atoms with Crippen LogP contribution in [0.3, 0.4) is 0 Å². The lowest BCUT2D eigenvalue weighted by atomic mass is 10.3. The fourth-order valence-electron chi connectivity index (χ4n) is 0.175. The Bertz CT molecular complexity index is 127. The lowest BCUT2D eigenvalue weighted by molar-refractivity contribution is -0.455. The van der Waals surface area contributed by atoms with Crippen LogP contribution in [0.1, 0.15) is 0 Å². The summed E-state index contributed by atoms with van der Waals surface area (Å²) in [6.45, 7) is 0. The molecule has 0 rings (SSSR count). The quantitative estimate of drug-likeness (QED) is 0.482. The highest BCUT2D eigenvalue weighted by Crippen LogP contribution is 2.43. The molecular formula is C3HF6O2. The molecule has 0 spiro atoms. The Labute approximate surface area is 56.1 Å². The highest BCUT2D eigenvalue weighted by atomic mass is 19.4. The molecule has 0 amide bonds. The number of rotatable bonds is 1. The normalized spacial score (nSPS) is 15.3. The zero-order chi connectivity index (χ0) is 9.50. The molecule has 11 heavy (non-hydrogen) atoms. The van der Waals surface area contributed by atoms with Gasteiger partial charge < -0.3 is 5.11 Å². The van der Waals surface area contributed by atoms with E-state index < -0.39 is 18.1 Å². The first-order valence-corrected chi connectivity index (χ1v) is 2.06. The van der Waals surface area contributed by atoms with E-state index >= 15 is 0 Å². The van der Waals surface area contributed by atoms with Crippen LogP contribution in [-0.4, -0.2) is 23.2 Å². The van der Waals surface area contributed by atoms with E-state index in [2.05, 4.69) is 0 Å². The van der Waals surface area contributed by atoms with Crippen LogP contribution in [0.5, 0.6) is 0 Å². The molecule has 0 aliphatic rings. The Hall–Kier alpha value is -0.500. The summed E-state index contributed by atoms with van der Waals surface area (Å²) in [6, 6.07) is -5.83. The lowest BCUT2D eigenvalue weighted by Crippen LogP contribution is -2.53. The molecule has 0 heterocycles. The van der Waals surface area contributed by atoms with Gasteiger partial charge in [0.25, 0.3) is 0 Å². The third kappa shape index (κ3) is 1.74. The van der Waals surface area contributed by atoms with Crippen molar-refractivity contribution in [1.29, 1.82) is 0 Å². The molecule has 0 aliphatic carbocycles. The van der Waals surface area contributed by atoms with Crippen molar-refractivity contribution in [2.45, 2.75) is 18.1 Å². The van der Waals surface area contributed by atoms with E-state index in [1.807, 2.05) is 0 Å². The molecule has 1 N–H and O–H groups in total. The Morgan fingerprint density at radius 1 is 0.909 bits per heavy atom. The first-order chi connectivity index (χ1) is 4.50. The molecule has 0 fully saturated rings. The van der Waals surface area contributed by atoms with E-state index in [-0.39, 0.29) is 0 Å². The predicted molar refractivity (Wildman–Crippen MR) is 17.7 cm³/mol. The Morgan fingerprint density at radius 2 is 1.18 bits per heavy atom. The summed E-state index contributed by atoms with van der Waals surface area (Å²) in [5.74, 6) is -6.29. The number of halogens is 6. The summed E-state index contributed by atoms with van der Waals surface area (Å²) in [6.07, 6.45) is -6.39. The lowest BCUT2D eigenvalue weighted by Gasteiger charge is -2.23. The van der Waals surface area contributed by atoms with Crippen molar-refractivity contribution in [1.82, 2.24) is 0 Å². The monoisotopic (exact) mass is 183 g/mol. The SMILES string of the molecule is [O]C(O)(F)C(F)(F)C(F)(F)F. The van der Waals surface area contributed by atoms with Gasteiger partial charge in [-0.1, -0.05) is 0 Å². The standard InChI is InChI=1S/C3HF6O2/c4-1(5,2(6,7)8)3(9,10)11/h10H. The minimum absolute atomic E-state index is 5.83. The highest BCUT2D eigenvalue weighted by Gasteiger charge is 2.72. The van der Waals surface area contributed by atoms with E-state index in [0.717, 1.165) is 0 Å². The second kappa shape index (κ2) is 2.24. The molecule has 0 saturated heterocycles. The van der Waals surface area contributed by atoms with E-state index in [1.54, 1.807) is 0 Å². The maximum absolute atomic E-state index is 11.4. The first kappa shape index (κ1) is 10.5. The van der Waals surface area contributed by atoms with Crippen LogP contribution in [0.4, 0.5) is 26.3 Å². The number of aliphatic hydroxyl groups is 1. The van der Waals surface area contributed by atoms with E-state index in [0.29, 0.717) is 0 Å². The zero-order valence-electron chi connectivity index (χ0n) is 4.62. The third-order valence-corrected chi connectivity index (χ3v) is 0.743. The topological polar surface area (TPSA) is 40.1 Å². The summed E-state index contributed by atoms with van der Waals surface area (Å²) < 4.78 is 66.9. The van der Waals surface area contributed by atoms with Crippen molar-refractivity contribution in [3.63, 3.8) is 0 Å².